The summed E-state index contributed by atoms with van der Waals surface area (Å²) < 4.78 is 33.4. The van der Waals surface area contributed by atoms with Crippen LogP contribution in [0.3, 0.4) is 0 Å². The standard InChI is InChI=1S/C25H26N4O6S/c1-4-35-23-13-11-21(12-14-23)28(36(33,34)24-15-5-18(2)6-16-24)17-25(30)27-26-19(3)20-7-9-22(10-8-20)29(31)32/h5-16H,4,17H2,1-3H3,(H,27,30)/b26-19-. The number of nitro benzene ring substituents is 1. The number of nitrogens with zero attached hydrogens (tertiary/aromatic N) is 3. The van der Waals surface area contributed by atoms with Crippen molar-refractivity contribution in [2.24, 2.45) is 5.10 Å². The van der Waals surface area contributed by atoms with Gasteiger partial charge in [-0.05, 0) is 74.9 Å². The van der Waals surface area contributed by atoms with Gasteiger partial charge in [-0.25, -0.2) is 13.8 Å². The van der Waals surface area contributed by atoms with Gasteiger partial charge in [0.1, 0.15) is 12.3 Å². The van der Waals surface area contributed by atoms with E-state index in [2.05, 4.69) is 10.5 Å². The van der Waals surface area contributed by atoms with Crippen LogP contribution in [-0.2, 0) is 14.8 Å². The molecule has 36 heavy (non-hydrogen) atoms. The highest BCUT2D eigenvalue weighted by molar-refractivity contribution is 7.92. The molecule has 3 rings (SSSR count). The highest BCUT2D eigenvalue weighted by Gasteiger charge is 2.27. The molecule has 0 bridgehead atoms. The van der Waals surface area contributed by atoms with Crippen molar-refractivity contribution in [1.29, 1.82) is 0 Å². The second-order valence-corrected chi connectivity index (χ2v) is 9.65. The first-order valence-corrected chi connectivity index (χ1v) is 12.5. The molecule has 0 heterocycles. The number of rotatable bonds is 10. The van der Waals surface area contributed by atoms with Crippen molar-refractivity contribution in [2.45, 2.75) is 25.7 Å². The van der Waals surface area contributed by atoms with Gasteiger partial charge in [0.05, 0.1) is 27.8 Å². The Labute approximate surface area is 209 Å². The van der Waals surface area contributed by atoms with E-state index < -0.39 is 27.4 Å². The Hall–Kier alpha value is -4.25. The fourth-order valence-corrected chi connectivity index (χ4v) is 4.65. The number of benzene rings is 3. The topological polar surface area (TPSA) is 131 Å². The van der Waals surface area contributed by atoms with E-state index in [1.165, 1.54) is 36.4 Å². The van der Waals surface area contributed by atoms with Crippen LogP contribution in [0.25, 0.3) is 0 Å². The average molecular weight is 511 g/mol. The Morgan fingerprint density at radius 2 is 1.64 bits per heavy atom. The summed E-state index contributed by atoms with van der Waals surface area (Å²) in [5, 5.41) is 14.9. The fraction of sp³-hybridized carbons (Fsp3) is 0.200. The number of ether oxygens (including phenoxy) is 1. The van der Waals surface area contributed by atoms with Crippen LogP contribution < -0.4 is 14.5 Å². The first-order valence-electron chi connectivity index (χ1n) is 11.0. The highest BCUT2D eigenvalue weighted by Crippen LogP contribution is 2.26. The van der Waals surface area contributed by atoms with Crippen molar-refractivity contribution >= 4 is 33.0 Å². The molecule has 0 aliphatic rings. The number of hydrazone groups is 1. The molecule has 0 unspecified atom stereocenters. The third kappa shape index (κ3) is 6.45. The molecule has 1 amide bonds. The number of hydrogen-bond donors (Lipinski definition) is 1. The van der Waals surface area contributed by atoms with Crippen LogP contribution in [0, 0.1) is 17.0 Å². The van der Waals surface area contributed by atoms with E-state index in [1.54, 1.807) is 43.3 Å². The zero-order chi connectivity index (χ0) is 26.3. The molecule has 0 saturated heterocycles. The van der Waals surface area contributed by atoms with Crippen LogP contribution in [0.1, 0.15) is 25.0 Å². The minimum absolute atomic E-state index is 0.0420. The number of sulfonamides is 1. The molecule has 0 spiro atoms. The molecular formula is C25H26N4O6S. The van der Waals surface area contributed by atoms with Crippen molar-refractivity contribution < 1.29 is 22.9 Å². The van der Waals surface area contributed by atoms with Gasteiger partial charge in [-0.1, -0.05) is 17.7 Å². The van der Waals surface area contributed by atoms with Crippen LogP contribution >= 0.6 is 0 Å². The predicted molar refractivity (Wildman–Crippen MR) is 137 cm³/mol. The zero-order valence-corrected chi connectivity index (χ0v) is 20.9. The SMILES string of the molecule is CCOc1ccc(N(CC(=O)N/N=C(/C)c2ccc([N+](=O)[O-])cc2)S(=O)(=O)c2ccc(C)cc2)cc1. The Bertz CT molecular complexity index is 1350. The smallest absolute Gasteiger partial charge is 0.269 e. The first kappa shape index (κ1) is 26.4. The maximum absolute atomic E-state index is 13.5. The van der Waals surface area contributed by atoms with Gasteiger partial charge in [0.25, 0.3) is 21.6 Å². The normalized spacial score (nSPS) is 11.6. The lowest BCUT2D eigenvalue weighted by Gasteiger charge is -2.24. The number of hydrogen-bond acceptors (Lipinski definition) is 7. The zero-order valence-electron chi connectivity index (χ0n) is 20.0. The van der Waals surface area contributed by atoms with Gasteiger partial charge in [0, 0.05) is 12.1 Å². The largest absolute Gasteiger partial charge is 0.494 e. The van der Waals surface area contributed by atoms with Crippen LogP contribution in [0.4, 0.5) is 11.4 Å². The van der Waals surface area contributed by atoms with Gasteiger partial charge in [-0.2, -0.15) is 5.10 Å². The molecule has 0 aliphatic heterocycles. The molecule has 0 aromatic heterocycles. The Morgan fingerprint density at radius 1 is 1.03 bits per heavy atom. The summed E-state index contributed by atoms with van der Waals surface area (Å²) in [5.41, 5.74) is 4.44. The van der Waals surface area contributed by atoms with E-state index in [4.69, 9.17) is 4.74 Å². The molecule has 0 radical (unpaired) electrons. The second-order valence-electron chi connectivity index (χ2n) is 7.79. The molecule has 0 aliphatic carbocycles. The van der Waals surface area contributed by atoms with Crippen LogP contribution in [0.5, 0.6) is 5.75 Å². The minimum Gasteiger partial charge on any atom is -0.494 e. The van der Waals surface area contributed by atoms with Crippen molar-refractivity contribution in [2.75, 3.05) is 17.5 Å². The van der Waals surface area contributed by atoms with Crippen molar-refractivity contribution in [3.05, 3.63) is 94.0 Å². The maximum atomic E-state index is 13.5. The number of carbonyl (C=O) groups is 1. The monoisotopic (exact) mass is 510 g/mol. The molecule has 11 heteroatoms. The maximum Gasteiger partial charge on any atom is 0.269 e. The Morgan fingerprint density at radius 3 is 2.19 bits per heavy atom. The van der Waals surface area contributed by atoms with Crippen LogP contribution in [-0.4, -0.2) is 38.1 Å². The third-order valence-electron chi connectivity index (χ3n) is 5.18. The molecule has 3 aromatic rings. The van der Waals surface area contributed by atoms with Gasteiger partial charge < -0.3 is 4.74 Å². The summed E-state index contributed by atoms with van der Waals surface area (Å²) in [4.78, 5) is 23.1. The first-order chi connectivity index (χ1) is 17.1. The summed E-state index contributed by atoms with van der Waals surface area (Å²) >= 11 is 0. The second kappa shape index (κ2) is 11.5. The van der Waals surface area contributed by atoms with E-state index in [1.807, 2.05) is 13.8 Å². The van der Waals surface area contributed by atoms with Gasteiger partial charge >= 0.3 is 0 Å². The number of amides is 1. The van der Waals surface area contributed by atoms with Gasteiger partial charge in [0.2, 0.25) is 0 Å². The fourth-order valence-electron chi connectivity index (χ4n) is 3.23. The van der Waals surface area contributed by atoms with E-state index in [0.717, 1.165) is 9.87 Å². The molecular weight excluding hydrogens is 484 g/mol. The van der Waals surface area contributed by atoms with Crippen molar-refractivity contribution in [3.8, 4) is 5.75 Å². The molecule has 10 nitrogen and oxygen atoms in total. The van der Waals surface area contributed by atoms with Crippen LogP contribution in [0.15, 0.2) is 82.8 Å². The summed E-state index contributed by atoms with van der Waals surface area (Å²) in [7, 11) is -4.08. The summed E-state index contributed by atoms with van der Waals surface area (Å²) in [6.07, 6.45) is 0. The number of carbonyl (C=O) groups excluding carboxylic acids is 1. The number of non-ortho nitro benzene ring substituents is 1. The highest BCUT2D eigenvalue weighted by atomic mass is 32.2. The molecule has 0 fully saturated rings. The molecule has 188 valence electrons. The van der Waals surface area contributed by atoms with Gasteiger partial charge in [-0.3, -0.25) is 19.2 Å². The minimum atomic E-state index is -4.08. The number of nitro groups is 1. The lowest BCUT2D eigenvalue weighted by molar-refractivity contribution is -0.384. The quantitative estimate of drug-likeness (QED) is 0.249. The molecule has 0 atom stereocenters. The molecule has 3 aromatic carbocycles. The summed E-state index contributed by atoms with van der Waals surface area (Å²) in [6.45, 7) is 5.24. The Balaban J connectivity index is 1.85. The lowest BCUT2D eigenvalue weighted by Crippen LogP contribution is -2.39. The van der Waals surface area contributed by atoms with Gasteiger partial charge in [-0.15, -0.1) is 0 Å². The third-order valence-corrected chi connectivity index (χ3v) is 6.96. The summed E-state index contributed by atoms with van der Waals surface area (Å²) in [5.74, 6) is -0.0949. The van der Waals surface area contributed by atoms with E-state index >= 15 is 0 Å². The number of anilines is 1. The number of nitrogens with one attached hydrogen (secondary N) is 1. The Kier molecular flexibility index (Phi) is 8.38. The van der Waals surface area contributed by atoms with E-state index in [-0.39, 0.29) is 16.3 Å². The van der Waals surface area contributed by atoms with E-state index in [9.17, 15) is 23.3 Å². The molecule has 0 saturated carbocycles. The average Bonchev–Trinajstić information content (AvgIpc) is 2.87. The van der Waals surface area contributed by atoms with E-state index in [0.29, 0.717) is 23.6 Å². The molecule has 1 N–H and O–H groups in total. The van der Waals surface area contributed by atoms with Crippen molar-refractivity contribution in [1.82, 2.24) is 5.43 Å². The lowest BCUT2D eigenvalue weighted by atomic mass is 10.1. The predicted octanol–water partition coefficient (Wildman–Crippen LogP) is 4.04. The van der Waals surface area contributed by atoms with Crippen molar-refractivity contribution in [3.63, 3.8) is 0 Å². The summed E-state index contributed by atoms with van der Waals surface area (Å²) in [6, 6.07) is 18.4. The van der Waals surface area contributed by atoms with Gasteiger partial charge in [0.15, 0.2) is 0 Å². The van der Waals surface area contributed by atoms with Crippen LogP contribution in [0.2, 0.25) is 0 Å². The number of aryl methyl sites for hydroxylation is 1.